The number of rotatable bonds is 4. The molecule has 0 unspecified atom stereocenters. The van der Waals surface area contributed by atoms with Gasteiger partial charge < -0.3 is 0 Å². The van der Waals surface area contributed by atoms with Crippen LogP contribution in [0.3, 0.4) is 0 Å². The topological polar surface area (TPSA) is 84.2 Å². The van der Waals surface area contributed by atoms with Gasteiger partial charge in [-0.15, -0.1) is 0 Å². The third-order valence-electron chi connectivity index (χ3n) is 4.35. The van der Waals surface area contributed by atoms with Gasteiger partial charge in [0.15, 0.2) is 0 Å². The predicted octanol–water partition coefficient (Wildman–Crippen LogP) is 0.863. The molecule has 1 saturated heterocycles. The summed E-state index contributed by atoms with van der Waals surface area (Å²) < 4.78 is 29.2. The van der Waals surface area contributed by atoms with E-state index in [2.05, 4.69) is 15.1 Å². The molecule has 0 amide bonds. The van der Waals surface area contributed by atoms with Crippen molar-refractivity contribution in [1.29, 1.82) is 0 Å². The minimum Gasteiger partial charge on any atom is -0.266 e. The normalized spacial score (nSPS) is 19.8. The summed E-state index contributed by atoms with van der Waals surface area (Å²) in [4.78, 5) is 9.00. The van der Waals surface area contributed by atoms with E-state index in [-0.39, 0.29) is 5.92 Å². The van der Waals surface area contributed by atoms with Crippen molar-refractivity contribution in [3.63, 3.8) is 0 Å². The van der Waals surface area contributed by atoms with Crippen molar-refractivity contribution >= 4 is 10.2 Å². The minimum absolute atomic E-state index is 0.0709. The Balaban J connectivity index is 1.78. The van der Waals surface area contributed by atoms with E-state index in [1.165, 1.54) is 8.61 Å². The van der Waals surface area contributed by atoms with Crippen LogP contribution in [0, 0.1) is 0 Å². The molecule has 1 atom stereocenters. The van der Waals surface area contributed by atoms with Crippen LogP contribution in [-0.4, -0.2) is 64.0 Å². The highest BCUT2D eigenvalue weighted by molar-refractivity contribution is 7.86. The van der Waals surface area contributed by atoms with Crippen LogP contribution in [0.5, 0.6) is 0 Å². The summed E-state index contributed by atoms with van der Waals surface area (Å²) in [6, 6.07) is 1.88. The van der Waals surface area contributed by atoms with Crippen LogP contribution in [-0.2, 0) is 17.3 Å². The van der Waals surface area contributed by atoms with Gasteiger partial charge in [0.25, 0.3) is 10.2 Å². The molecule has 24 heavy (non-hydrogen) atoms. The largest absolute Gasteiger partial charge is 0.281 e. The van der Waals surface area contributed by atoms with Gasteiger partial charge >= 0.3 is 0 Å². The lowest BCUT2D eigenvalue weighted by molar-refractivity contribution is 0.296. The van der Waals surface area contributed by atoms with Crippen LogP contribution < -0.4 is 0 Å². The summed E-state index contributed by atoms with van der Waals surface area (Å²) in [5.41, 5.74) is 2.49. The van der Waals surface area contributed by atoms with E-state index in [1.807, 2.05) is 13.1 Å². The standard InChI is InChI=1S/C15H22N6O2S/c1-19(2)24(22,23)21-8-4-5-12(11-21)13-9-17-14(10-16-13)15-6-7-18-20(15)3/h6-7,9-10,12H,4-5,8,11H2,1-3H3/t12-/m0/s1. The van der Waals surface area contributed by atoms with E-state index >= 15 is 0 Å². The van der Waals surface area contributed by atoms with Crippen LogP contribution in [0.15, 0.2) is 24.7 Å². The van der Waals surface area contributed by atoms with Crippen LogP contribution in [0.25, 0.3) is 11.4 Å². The number of aryl methyl sites for hydroxylation is 1. The van der Waals surface area contributed by atoms with Crippen LogP contribution >= 0.6 is 0 Å². The first-order valence-corrected chi connectivity index (χ1v) is 9.27. The predicted molar refractivity (Wildman–Crippen MR) is 90.4 cm³/mol. The molecule has 0 radical (unpaired) electrons. The van der Waals surface area contributed by atoms with Gasteiger partial charge in [0.2, 0.25) is 0 Å². The van der Waals surface area contributed by atoms with Crippen molar-refractivity contribution in [2.24, 2.45) is 7.05 Å². The monoisotopic (exact) mass is 350 g/mol. The van der Waals surface area contributed by atoms with Crippen LogP contribution in [0.1, 0.15) is 24.5 Å². The van der Waals surface area contributed by atoms with Crippen molar-refractivity contribution in [3.05, 3.63) is 30.4 Å². The van der Waals surface area contributed by atoms with E-state index in [0.29, 0.717) is 13.1 Å². The van der Waals surface area contributed by atoms with Gasteiger partial charge in [-0.25, -0.2) is 0 Å². The molecule has 1 fully saturated rings. The van der Waals surface area contributed by atoms with Gasteiger partial charge in [0, 0.05) is 52.5 Å². The van der Waals surface area contributed by atoms with Crippen LogP contribution in [0.4, 0.5) is 0 Å². The number of hydrogen-bond acceptors (Lipinski definition) is 5. The SMILES string of the molecule is CN(C)S(=O)(=O)N1CCC[C@H](c2cnc(-c3ccnn3C)cn2)C1. The van der Waals surface area contributed by atoms with E-state index in [1.54, 1.807) is 37.4 Å². The van der Waals surface area contributed by atoms with Crippen molar-refractivity contribution < 1.29 is 8.42 Å². The molecule has 2 aromatic rings. The second-order valence-corrected chi connectivity index (χ2v) is 8.30. The Morgan fingerprint density at radius 1 is 1.25 bits per heavy atom. The Morgan fingerprint density at radius 2 is 2.04 bits per heavy atom. The van der Waals surface area contributed by atoms with Gasteiger partial charge in [-0.2, -0.15) is 22.1 Å². The number of aromatic nitrogens is 4. The van der Waals surface area contributed by atoms with E-state index in [4.69, 9.17) is 0 Å². The first kappa shape index (κ1) is 17.0. The third-order valence-corrected chi connectivity index (χ3v) is 6.25. The number of piperidine rings is 1. The fourth-order valence-electron chi connectivity index (χ4n) is 2.93. The Hall–Kier alpha value is -1.84. The summed E-state index contributed by atoms with van der Waals surface area (Å²) in [6.45, 7) is 0.998. The van der Waals surface area contributed by atoms with Crippen LogP contribution in [0.2, 0.25) is 0 Å². The molecule has 0 spiro atoms. The molecule has 0 aromatic carbocycles. The number of nitrogens with zero attached hydrogens (tertiary/aromatic N) is 6. The average Bonchev–Trinajstić information content (AvgIpc) is 3.01. The molecule has 8 nitrogen and oxygen atoms in total. The zero-order valence-electron chi connectivity index (χ0n) is 14.1. The quantitative estimate of drug-likeness (QED) is 0.817. The fourth-order valence-corrected chi connectivity index (χ4v) is 4.12. The summed E-state index contributed by atoms with van der Waals surface area (Å²) >= 11 is 0. The Morgan fingerprint density at radius 3 is 2.62 bits per heavy atom. The van der Waals surface area contributed by atoms with Crippen molar-refractivity contribution in [2.75, 3.05) is 27.2 Å². The summed E-state index contributed by atoms with van der Waals surface area (Å²) in [5.74, 6) is 0.0709. The Kier molecular flexibility index (Phi) is 4.66. The maximum Gasteiger partial charge on any atom is 0.281 e. The molecule has 0 saturated carbocycles. The summed E-state index contributed by atoms with van der Waals surface area (Å²) in [5, 5.41) is 4.13. The lowest BCUT2D eigenvalue weighted by atomic mass is 9.96. The summed E-state index contributed by atoms with van der Waals surface area (Å²) in [7, 11) is 1.59. The summed E-state index contributed by atoms with van der Waals surface area (Å²) in [6.07, 6.45) is 6.93. The lowest BCUT2D eigenvalue weighted by Crippen LogP contribution is -2.45. The number of hydrogen-bond donors (Lipinski definition) is 0. The smallest absolute Gasteiger partial charge is 0.266 e. The minimum atomic E-state index is -3.38. The molecule has 0 N–H and O–H groups in total. The molecule has 9 heteroatoms. The molecule has 1 aliphatic rings. The Labute approximate surface area is 142 Å². The second kappa shape index (κ2) is 6.58. The van der Waals surface area contributed by atoms with Gasteiger partial charge in [-0.1, -0.05) is 0 Å². The lowest BCUT2D eigenvalue weighted by Gasteiger charge is -2.33. The average molecular weight is 350 g/mol. The third kappa shape index (κ3) is 3.19. The molecule has 3 heterocycles. The zero-order valence-corrected chi connectivity index (χ0v) is 14.9. The first-order chi connectivity index (χ1) is 11.4. The molecule has 3 rings (SSSR count). The van der Waals surface area contributed by atoms with E-state index in [0.717, 1.165) is 29.9 Å². The molecular formula is C15H22N6O2S. The highest BCUT2D eigenvalue weighted by Gasteiger charge is 2.31. The molecular weight excluding hydrogens is 328 g/mol. The molecule has 0 aliphatic carbocycles. The fraction of sp³-hybridized carbons (Fsp3) is 0.533. The maximum absolute atomic E-state index is 12.3. The van der Waals surface area contributed by atoms with Crippen molar-refractivity contribution in [3.8, 4) is 11.4 Å². The van der Waals surface area contributed by atoms with E-state index < -0.39 is 10.2 Å². The highest BCUT2D eigenvalue weighted by Crippen LogP contribution is 2.28. The maximum atomic E-state index is 12.3. The molecule has 2 aromatic heterocycles. The first-order valence-electron chi connectivity index (χ1n) is 7.87. The molecule has 130 valence electrons. The van der Waals surface area contributed by atoms with E-state index in [9.17, 15) is 8.42 Å². The Bertz CT molecular complexity index is 800. The van der Waals surface area contributed by atoms with Gasteiger partial charge in [-0.05, 0) is 18.9 Å². The molecule has 1 aliphatic heterocycles. The second-order valence-electron chi connectivity index (χ2n) is 6.15. The van der Waals surface area contributed by atoms with Crippen molar-refractivity contribution in [2.45, 2.75) is 18.8 Å². The zero-order chi connectivity index (χ0) is 17.3. The molecule has 0 bridgehead atoms. The highest BCUT2D eigenvalue weighted by atomic mass is 32.2. The van der Waals surface area contributed by atoms with Crippen molar-refractivity contribution in [1.82, 2.24) is 28.4 Å². The van der Waals surface area contributed by atoms with Gasteiger partial charge in [-0.3, -0.25) is 14.6 Å². The van der Waals surface area contributed by atoms with Gasteiger partial charge in [0.1, 0.15) is 5.69 Å². The van der Waals surface area contributed by atoms with Gasteiger partial charge in [0.05, 0.1) is 17.6 Å².